The lowest BCUT2D eigenvalue weighted by Gasteiger charge is -2.03. The van der Waals surface area contributed by atoms with Gasteiger partial charge in [0.05, 0.1) is 10.7 Å². The minimum Gasteiger partial charge on any atom is -0.325 e. The Kier molecular flexibility index (Phi) is 3.03. The fourth-order valence-corrected chi connectivity index (χ4v) is 1.10. The van der Waals surface area contributed by atoms with E-state index in [0.29, 0.717) is 16.3 Å². The SMILES string of the molecule is CC(=O)Nc1ccc([C]=O)cc1Cl. The van der Waals surface area contributed by atoms with E-state index < -0.39 is 0 Å². The van der Waals surface area contributed by atoms with Gasteiger partial charge in [0.2, 0.25) is 12.2 Å². The Morgan fingerprint density at radius 1 is 1.54 bits per heavy atom. The first-order chi connectivity index (χ1) is 6.13. The molecule has 0 unspecified atom stereocenters. The number of carbonyl (C=O) groups excluding carboxylic acids is 2. The summed E-state index contributed by atoms with van der Waals surface area (Å²) in [6.45, 7) is 1.39. The topological polar surface area (TPSA) is 46.2 Å². The highest BCUT2D eigenvalue weighted by Crippen LogP contribution is 2.22. The molecule has 0 aliphatic heterocycles. The van der Waals surface area contributed by atoms with Crippen molar-refractivity contribution in [2.75, 3.05) is 5.32 Å². The van der Waals surface area contributed by atoms with E-state index in [1.165, 1.54) is 19.1 Å². The van der Waals surface area contributed by atoms with Gasteiger partial charge in [-0.1, -0.05) is 11.6 Å². The van der Waals surface area contributed by atoms with E-state index in [1.54, 1.807) is 12.4 Å². The summed E-state index contributed by atoms with van der Waals surface area (Å²) in [6.07, 6.45) is 1.70. The van der Waals surface area contributed by atoms with E-state index in [1.807, 2.05) is 0 Å². The average molecular weight is 197 g/mol. The maximum absolute atomic E-state index is 10.7. The van der Waals surface area contributed by atoms with Gasteiger partial charge in [-0.15, -0.1) is 0 Å². The van der Waals surface area contributed by atoms with Crippen LogP contribution >= 0.6 is 11.6 Å². The standard InChI is InChI=1S/C9H7ClNO2/c1-6(13)11-9-3-2-7(5-12)4-8(9)10/h2-4H,1H3,(H,11,13). The van der Waals surface area contributed by atoms with Gasteiger partial charge in [0.25, 0.3) is 0 Å². The Bertz CT molecular complexity index is 349. The van der Waals surface area contributed by atoms with Crippen LogP contribution in [0, 0.1) is 0 Å². The number of halogens is 1. The minimum atomic E-state index is -0.204. The molecule has 4 heteroatoms. The minimum absolute atomic E-state index is 0.204. The third-order valence-corrected chi connectivity index (χ3v) is 1.71. The van der Waals surface area contributed by atoms with Crippen molar-refractivity contribution in [1.29, 1.82) is 0 Å². The van der Waals surface area contributed by atoms with Gasteiger partial charge in [0, 0.05) is 12.5 Å². The summed E-state index contributed by atoms with van der Waals surface area (Å²) in [4.78, 5) is 20.9. The molecular weight excluding hydrogens is 190 g/mol. The number of nitrogens with one attached hydrogen (secondary N) is 1. The second-order valence-electron chi connectivity index (χ2n) is 2.48. The van der Waals surface area contributed by atoms with Crippen LogP contribution in [0.15, 0.2) is 18.2 Å². The smallest absolute Gasteiger partial charge is 0.233 e. The molecule has 0 atom stereocenters. The van der Waals surface area contributed by atoms with Crippen LogP contribution < -0.4 is 5.32 Å². The molecule has 0 fully saturated rings. The Balaban J connectivity index is 2.98. The number of hydrogen-bond acceptors (Lipinski definition) is 2. The van der Waals surface area contributed by atoms with Gasteiger partial charge in [-0.3, -0.25) is 9.59 Å². The molecule has 0 spiro atoms. The van der Waals surface area contributed by atoms with Crippen LogP contribution in [0.5, 0.6) is 0 Å². The molecule has 0 heterocycles. The molecule has 0 aliphatic rings. The molecule has 1 aromatic carbocycles. The highest BCUT2D eigenvalue weighted by molar-refractivity contribution is 6.34. The predicted molar refractivity (Wildman–Crippen MR) is 50.6 cm³/mol. The van der Waals surface area contributed by atoms with E-state index in [4.69, 9.17) is 11.6 Å². The second-order valence-corrected chi connectivity index (χ2v) is 2.89. The summed E-state index contributed by atoms with van der Waals surface area (Å²) < 4.78 is 0. The number of rotatable bonds is 2. The molecular formula is C9H7ClNO2. The lowest BCUT2D eigenvalue weighted by atomic mass is 10.2. The molecule has 0 aromatic heterocycles. The van der Waals surface area contributed by atoms with Crippen molar-refractivity contribution in [3.8, 4) is 0 Å². The van der Waals surface area contributed by atoms with Crippen LogP contribution in [0.2, 0.25) is 5.02 Å². The summed E-state index contributed by atoms with van der Waals surface area (Å²) in [7, 11) is 0. The van der Waals surface area contributed by atoms with Crippen LogP contribution in [0.1, 0.15) is 12.5 Å². The molecule has 3 nitrogen and oxygen atoms in total. The monoisotopic (exact) mass is 196 g/mol. The van der Waals surface area contributed by atoms with Crippen LogP contribution in [0.3, 0.4) is 0 Å². The van der Waals surface area contributed by atoms with Crippen molar-refractivity contribution in [3.05, 3.63) is 28.8 Å². The molecule has 1 radical (unpaired) electrons. The van der Waals surface area contributed by atoms with Gasteiger partial charge in [0.15, 0.2) is 0 Å². The molecule has 1 aromatic rings. The first-order valence-corrected chi connectivity index (χ1v) is 3.96. The number of carbonyl (C=O) groups is 1. The molecule has 0 bridgehead atoms. The van der Waals surface area contributed by atoms with Crippen molar-refractivity contribution in [3.63, 3.8) is 0 Å². The highest BCUT2D eigenvalue weighted by atomic mass is 35.5. The third-order valence-electron chi connectivity index (χ3n) is 1.40. The molecule has 0 saturated heterocycles. The predicted octanol–water partition coefficient (Wildman–Crippen LogP) is 1.76. The zero-order valence-corrected chi connectivity index (χ0v) is 7.68. The van der Waals surface area contributed by atoms with E-state index in [2.05, 4.69) is 5.32 Å². The summed E-state index contributed by atoms with van der Waals surface area (Å²) >= 11 is 5.76. The van der Waals surface area contributed by atoms with Crippen LogP contribution in [-0.2, 0) is 9.59 Å². The van der Waals surface area contributed by atoms with Gasteiger partial charge in [0.1, 0.15) is 0 Å². The van der Waals surface area contributed by atoms with Gasteiger partial charge < -0.3 is 5.32 Å². The Morgan fingerprint density at radius 3 is 2.69 bits per heavy atom. The average Bonchev–Trinajstić information content (AvgIpc) is 2.08. The normalized spacial score (nSPS) is 9.38. The van der Waals surface area contributed by atoms with Gasteiger partial charge in [-0.25, -0.2) is 0 Å². The summed E-state index contributed by atoms with van der Waals surface area (Å²) in [5.74, 6) is -0.204. The fourth-order valence-electron chi connectivity index (χ4n) is 0.870. The first-order valence-electron chi connectivity index (χ1n) is 3.59. The quantitative estimate of drug-likeness (QED) is 0.784. The largest absolute Gasteiger partial charge is 0.325 e. The third kappa shape index (κ3) is 2.56. The molecule has 1 amide bonds. The van der Waals surface area contributed by atoms with Crippen LogP contribution in [-0.4, -0.2) is 12.2 Å². The van der Waals surface area contributed by atoms with Crippen molar-refractivity contribution in [1.82, 2.24) is 0 Å². The van der Waals surface area contributed by atoms with Crippen molar-refractivity contribution < 1.29 is 9.59 Å². The number of anilines is 1. The highest BCUT2D eigenvalue weighted by Gasteiger charge is 2.02. The van der Waals surface area contributed by atoms with Crippen molar-refractivity contribution in [2.24, 2.45) is 0 Å². The summed E-state index contributed by atoms with van der Waals surface area (Å²) in [6, 6.07) is 4.54. The molecule has 0 aliphatic carbocycles. The zero-order chi connectivity index (χ0) is 9.84. The van der Waals surface area contributed by atoms with Crippen molar-refractivity contribution in [2.45, 2.75) is 6.92 Å². The Labute approximate surface area is 80.7 Å². The van der Waals surface area contributed by atoms with Gasteiger partial charge in [-0.05, 0) is 18.2 Å². The van der Waals surface area contributed by atoms with Crippen LogP contribution in [0.4, 0.5) is 5.69 Å². The fraction of sp³-hybridized carbons (Fsp3) is 0.111. The van der Waals surface area contributed by atoms with Gasteiger partial charge in [-0.2, -0.15) is 0 Å². The molecule has 0 saturated carbocycles. The Morgan fingerprint density at radius 2 is 2.23 bits per heavy atom. The maximum atomic E-state index is 10.7. The number of amides is 1. The maximum Gasteiger partial charge on any atom is 0.233 e. The molecule has 13 heavy (non-hydrogen) atoms. The lowest BCUT2D eigenvalue weighted by Crippen LogP contribution is -2.06. The van der Waals surface area contributed by atoms with Crippen LogP contribution in [0.25, 0.3) is 0 Å². The summed E-state index contributed by atoms with van der Waals surface area (Å²) in [5, 5.41) is 2.85. The van der Waals surface area contributed by atoms with E-state index in [9.17, 15) is 9.59 Å². The van der Waals surface area contributed by atoms with E-state index >= 15 is 0 Å². The van der Waals surface area contributed by atoms with E-state index in [-0.39, 0.29) is 5.91 Å². The number of hydrogen-bond donors (Lipinski definition) is 1. The first kappa shape index (κ1) is 9.74. The van der Waals surface area contributed by atoms with E-state index in [0.717, 1.165) is 0 Å². The second kappa shape index (κ2) is 4.05. The van der Waals surface area contributed by atoms with Gasteiger partial charge >= 0.3 is 0 Å². The van der Waals surface area contributed by atoms with Crippen molar-refractivity contribution >= 4 is 29.5 Å². The molecule has 67 valence electrons. The summed E-state index contributed by atoms with van der Waals surface area (Å²) in [5.41, 5.74) is 0.854. The number of benzene rings is 1. The Hall–Kier alpha value is -1.35. The molecule has 1 N–H and O–H groups in total. The zero-order valence-electron chi connectivity index (χ0n) is 6.93. The molecule has 1 rings (SSSR count). The lowest BCUT2D eigenvalue weighted by molar-refractivity contribution is -0.114.